The van der Waals surface area contributed by atoms with Crippen LogP contribution in [0.4, 0.5) is 5.69 Å². The van der Waals surface area contributed by atoms with Crippen LogP contribution in [0.2, 0.25) is 5.02 Å². The van der Waals surface area contributed by atoms with Gasteiger partial charge < -0.3 is 4.90 Å². The van der Waals surface area contributed by atoms with Crippen LogP contribution in [0.5, 0.6) is 0 Å². The molecule has 0 radical (unpaired) electrons. The molecule has 138 valence electrons. The van der Waals surface area contributed by atoms with Crippen molar-refractivity contribution in [1.82, 2.24) is 4.90 Å². The van der Waals surface area contributed by atoms with Crippen LogP contribution in [0, 0.1) is 13.8 Å². The molecule has 0 unspecified atom stereocenters. The highest BCUT2D eigenvalue weighted by Crippen LogP contribution is 2.36. The van der Waals surface area contributed by atoms with Crippen molar-refractivity contribution in [3.63, 3.8) is 0 Å². The van der Waals surface area contributed by atoms with Crippen molar-refractivity contribution < 1.29 is 9.59 Å². The van der Waals surface area contributed by atoms with Gasteiger partial charge in [-0.15, -0.1) is 0 Å². The number of amides is 2. The lowest BCUT2D eigenvalue weighted by molar-refractivity contribution is -0.120. The molecule has 27 heavy (non-hydrogen) atoms. The van der Waals surface area contributed by atoms with Gasteiger partial charge >= 0.3 is 0 Å². The fourth-order valence-electron chi connectivity index (χ4n) is 3.73. The molecule has 0 bridgehead atoms. The Labute approximate surface area is 164 Å². The molecule has 2 aromatic carbocycles. The van der Waals surface area contributed by atoms with Crippen LogP contribution in [0.15, 0.2) is 48.2 Å². The van der Waals surface area contributed by atoms with E-state index in [0.29, 0.717) is 22.0 Å². The molecule has 0 spiro atoms. The third kappa shape index (κ3) is 3.04. The van der Waals surface area contributed by atoms with Gasteiger partial charge in [0.2, 0.25) is 0 Å². The normalized spacial score (nSPS) is 17.4. The van der Waals surface area contributed by atoms with Gasteiger partial charge in [0.1, 0.15) is 5.70 Å². The highest BCUT2D eigenvalue weighted by molar-refractivity contribution is 6.45. The number of likely N-dealkylation sites (tertiary alicyclic amines) is 1. The van der Waals surface area contributed by atoms with E-state index < -0.39 is 0 Å². The standard InChI is InChI=1S/C22H21ClN2O2/c1-14-5-10-18(13-15(14)2)25-21(26)19(16-6-8-17(23)9-7-16)20(22(25)27)24-11-3-4-12-24/h5-10,13H,3-4,11-12H2,1-2H3. The molecule has 0 aromatic heterocycles. The molecule has 2 aliphatic rings. The molecule has 5 heteroatoms. The molecule has 0 N–H and O–H groups in total. The van der Waals surface area contributed by atoms with Crippen molar-refractivity contribution in [2.24, 2.45) is 0 Å². The highest BCUT2D eigenvalue weighted by Gasteiger charge is 2.42. The third-order valence-electron chi connectivity index (χ3n) is 5.36. The molecule has 2 aliphatic heterocycles. The number of imide groups is 1. The molecule has 4 rings (SSSR count). The third-order valence-corrected chi connectivity index (χ3v) is 5.62. The summed E-state index contributed by atoms with van der Waals surface area (Å²) in [7, 11) is 0. The number of rotatable bonds is 3. The van der Waals surface area contributed by atoms with Crippen LogP contribution in [0.1, 0.15) is 29.5 Å². The van der Waals surface area contributed by atoms with Crippen LogP contribution in [-0.2, 0) is 9.59 Å². The fourth-order valence-corrected chi connectivity index (χ4v) is 3.85. The fraction of sp³-hybridized carbons (Fsp3) is 0.273. The lowest BCUT2D eigenvalue weighted by Crippen LogP contribution is -2.34. The zero-order chi connectivity index (χ0) is 19.1. The number of aryl methyl sites for hydroxylation is 2. The molecule has 0 atom stereocenters. The van der Waals surface area contributed by atoms with Gasteiger partial charge in [0, 0.05) is 18.1 Å². The summed E-state index contributed by atoms with van der Waals surface area (Å²) in [6.07, 6.45) is 2.06. The van der Waals surface area contributed by atoms with Crippen molar-refractivity contribution in [2.45, 2.75) is 26.7 Å². The van der Waals surface area contributed by atoms with E-state index in [2.05, 4.69) is 0 Å². The molecular formula is C22H21ClN2O2. The van der Waals surface area contributed by atoms with Gasteiger partial charge in [0.15, 0.2) is 0 Å². The highest BCUT2D eigenvalue weighted by atomic mass is 35.5. The first-order valence-electron chi connectivity index (χ1n) is 9.18. The zero-order valence-corrected chi connectivity index (χ0v) is 16.2. The molecule has 4 nitrogen and oxygen atoms in total. The quantitative estimate of drug-likeness (QED) is 0.744. The van der Waals surface area contributed by atoms with Crippen molar-refractivity contribution in [3.05, 3.63) is 69.9 Å². The average Bonchev–Trinajstić information content (AvgIpc) is 3.25. The molecule has 1 fully saturated rings. The maximum atomic E-state index is 13.4. The lowest BCUT2D eigenvalue weighted by atomic mass is 10.0. The van der Waals surface area contributed by atoms with Gasteiger partial charge in [-0.25, -0.2) is 4.90 Å². The maximum Gasteiger partial charge on any atom is 0.282 e. The van der Waals surface area contributed by atoms with Crippen LogP contribution in [0.25, 0.3) is 5.57 Å². The van der Waals surface area contributed by atoms with Gasteiger partial charge in [0.25, 0.3) is 11.8 Å². The Morgan fingerprint density at radius 3 is 2.15 bits per heavy atom. The second-order valence-electron chi connectivity index (χ2n) is 7.14. The van der Waals surface area contributed by atoms with E-state index in [4.69, 9.17) is 11.6 Å². The van der Waals surface area contributed by atoms with Crippen molar-refractivity contribution in [3.8, 4) is 0 Å². The molecule has 2 aromatic rings. The van der Waals surface area contributed by atoms with Crippen molar-refractivity contribution in [2.75, 3.05) is 18.0 Å². The summed E-state index contributed by atoms with van der Waals surface area (Å²) in [6, 6.07) is 12.8. The smallest absolute Gasteiger partial charge is 0.282 e. The largest absolute Gasteiger partial charge is 0.366 e. The number of benzene rings is 2. The van der Waals surface area contributed by atoms with E-state index in [1.165, 1.54) is 4.90 Å². The van der Waals surface area contributed by atoms with Gasteiger partial charge in [0.05, 0.1) is 11.3 Å². The molecule has 2 heterocycles. The lowest BCUT2D eigenvalue weighted by Gasteiger charge is -2.20. The molecule has 0 saturated carbocycles. The Hall–Kier alpha value is -2.59. The van der Waals surface area contributed by atoms with E-state index in [0.717, 1.165) is 42.6 Å². The summed E-state index contributed by atoms with van der Waals surface area (Å²) in [4.78, 5) is 30.0. The monoisotopic (exact) mass is 380 g/mol. The average molecular weight is 381 g/mol. The number of hydrogen-bond donors (Lipinski definition) is 0. The Morgan fingerprint density at radius 2 is 1.52 bits per heavy atom. The number of nitrogens with zero attached hydrogens (tertiary/aromatic N) is 2. The van der Waals surface area contributed by atoms with E-state index in [1.807, 2.05) is 49.1 Å². The molecule has 1 saturated heterocycles. The van der Waals surface area contributed by atoms with E-state index >= 15 is 0 Å². The minimum Gasteiger partial charge on any atom is -0.366 e. The first kappa shape index (κ1) is 17.8. The van der Waals surface area contributed by atoms with Crippen LogP contribution < -0.4 is 4.90 Å². The topological polar surface area (TPSA) is 40.6 Å². The SMILES string of the molecule is Cc1ccc(N2C(=O)C(c3ccc(Cl)cc3)=C(N3CCCC3)C2=O)cc1C. The predicted octanol–water partition coefficient (Wildman–Crippen LogP) is 4.34. The Morgan fingerprint density at radius 1 is 0.852 bits per heavy atom. The summed E-state index contributed by atoms with van der Waals surface area (Å²) >= 11 is 6.01. The van der Waals surface area contributed by atoms with E-state index in [1.54, 1.807) is 12.1 Å². The first-order chi connectivity index (χ1) is 13.0. The van der Waals surface area contributed by atoms with Crippen LogP contribution in [-0.4, -0.2) is 29.8 Å². The van der Waals surface area contributed by atoms with E-state index in [9.17, 15) is 9.59 Å². The minimum atomic E-state index is -0.271. The molecule has 0 aliphatic carbocycles. The van der Waals surface area contributed by atoms with Crippen LogP contribution in [0.3, 0.4) is 0 Å². The minimum absolute atomic E-state index is 0.241. The summed E-state index contributed by atoms with van der Waals surface area (Å²) in [5.74, 6) is -0.512. The number of hydrogen-bond acceptors (Lipinski definition) is 3. The van der Waals surface area contributed by atoms with Gasteiger partial charge in [-0.2, -0.15) is 0 Å². The van der Waals surface area contributed by atoms with Crippen LogP contribution >= 0.6 is 11.6 Å². The number of carbonyl (C=O) groups is 2. The van der Waals surface area contributed by atoms with Gasteiger partial charge in [-0.3, -0.25) is 9.59 Å². The number of carbonyl (C=O) groups excluding carboxylic acids is 2. The molecular weight excluding hydrogens is 360 g/mol. The van der Waals surface area contributed by atoms with Crippen molar-refractivity contribution >= 4 is 34.7 Å². The van der Waals surface area contributed by atoms with Gasteiger partial charge in [-0.1, -0.05) is 29.8 Å². The first-order valence-corrected chi connectivity index (χ1v) is 9.56. The van der Waals surface area contributed by atoms with Gasteiger partial charge in [-0.05, 0) is 67.6 Å². The second-order valence-corrected chi connectivity index (χ2v) is 7.58. The number of anilines is 1. The Bertz CT molecular complexity index is 957. The maximum absolute atomic E-state index is 13.4. The summed E-state index contributed by atoms with van der Waals surface area (Å²) in [5.41, 5.74) is 4.51. The Balaban J connectivity index is 1.83. The van der Waals surface area contributed by atoms with Crippen molar-refractivity contribution in [1.29, 1.82) is 0 Å². The zero-order valence-electron chi connectivity index (χ0n) is 15.5. The summed E-state index contributed by atoms with van der Waals surface area (Å²) in [6.45, 7) is 5.59. The Kier molecular flexibility index (Phi) is 4.52. The number of halogens is 1. The molecule has 2 amide bonds. The second kappa shape index (κ2) is 6.86. The summed E-state index contributed by atoms with van der Waals surface area (Å²) in [5, 5.41) is 0.602. The predicted molar refractivity (Wildman–Crippen MR) is 108 cm³/mol. The summed E-state index contributed by atoms with van der Waals surface area (Å²) < 4.78 is 0. The van der Waals surface area contributed by atoms with E-state index in [-0.39, 0.29) is 11.8 Å².